The van der Waals surface area contributed by atoms with Gasteiger partial charge in [-0.1, -0.05) is 24.3 Å². The maximum absolute atomic E-state index is 12.5. The Bertz CT molecular complexity index is 1400. The van der Waals surface area contributed by atoms with E-state index in [2.05, 4.69) is 54.1 Å². The zero-order chi connectivity index (χ0) is 27.6. The van der Waals surface area contributed by atoms with Crippen LogP contribution < -0.4 is 19.5 Å². The van der Waals surface area contributed by atoms with Crippen LogP contribution in [0.1, 0.15) is 41.8 Å². The Morgan fingerprint density at radius 2 is 1.72 bits per heavy atom. The largest absolute Gasteiger partial charge is 0.494 e. The molecule has 39 heavy (non-hydrogen) atoms. The number of amides is 1. The minimum atomic E-state index is -0.0144. The van der Waals surface area contributed by atoms with Crippen molar-refractivity contribution in [3.05, 3.63) is 83.2 Å². The number of aryl methyl sites for hydroxylation is 4. The summed E-state index contributed by atoms with van der Waals surface area (Å²) in [5, 5.41) is 3.04. The van der Waals surface area contributed by atoms with Crippen molar-refractivity contribution in [2.45, 2.75) is 52.5 Å². The number of carbonyl (C=O) groups excluding carboxylic acids is 1. The Kier molecular flexibility index (Phi) is 9.84. The normalized spacial score (nSPS) is 11.0. The maximum Gasteiger partial charge on any atom is 0.224 e. The summed E-state index contributed by atoms with van der Waals surface area (Å²) in [5.41, 5.74) is 5.57. The first-order chi connectivity index (χ1) is 19.0. The number of methoxy groups -OCH3 is 2. The standard InChI is InChI=1S/C32H39N3O4/c1-23-13-15-26(20-24(23)2)39-19-8-7-18-35-28-11-6-5-10-27(28)34-31(35)12-9-17-33-32(36)22-25-14-16-29(37-3)30(21-25)38-4/h5-6,10-11,13-16,20-21H,7-9,12,17-19,22H2,1-4H3,(H,33,36). The van der Waals surface area contributed by atoms with E-state index in [0.717, 1.165) is 60.4 Å². The Morgan fingerprint density at radius 3 is 2.51 bits per heavy atom. The summed E-state index contributed by atoms with van der Waals surface area (Å²) in [6, 6.07) is 20.1. The number of hydrogen-bond acceptors (Lipinski definition) is 5. The van der Waals surface area contributed by atoms with E-state index in [1.165, 1.54) is 11.1 Å². The molecule has 0 saturated carbocycles. The molecule has 0 fully saturated rings. The molecule has 206 valence electrons. The SMILES string of the molecule is COc1ccc(CC(=O)NCCCc2nc3ccccc3n2CCCCOc2ccc(C)c(C)c2)cc1OC. The Labute approximate surface area is 231 Å². The third kappa shape index (κ3) is 7.53. The molecule has 1 N–H and O–H groups in total. The van der Waals surface area contributed by atoms with Crippen LogP contribution in [0.2, 0.25) is 0 Å². The van der Waals surface area contributed by atoms with E-state index < -0.39 is 0 Å². The van der Waals surface area contributed by atoms with Crippen LogP contribution in [-0.4, -0.2) is 42.8 Å². The van der Waals surface area contributed by atoms with Gasteiger partial charge in [-0.05, 0) is 86.2 Å². The molecule has 0 bridgehead atoms. The fraction of sp³-hybridized carbons (Fsp3) is 0.375. The van der Waals surface area contributed by atoms with Crippen molar-refractivity contribution in [2.75, 3.05) is 27.4 Å². The summed E-state index contributed by atoms with van der Waals surface area (Å²) in [4.78, 5) is 17.4. The molecule has 0 aliphatic carbocycles. The first kappa shape index (κ1) is 28.0. The molecule has 0 aliphatic heterocycles. The van der Waals surface area contributed by atoms with Gasteiger partial charge in [0.25, 0.3) is 0 Å². The molecule has 7 heteroatoms. The fourth-order valence-corrected chi connectivity index (χ4v) is 4.64. The lowest BCUT2D eigenvalue weighted by Crippen LogP contribution is -2.26. The van der Waals surface area contributed by atoms with Crippen molar-refractivity contribution in [3.63, 3.8) is 0 Å². The van der Waals surface area contributed by atoms with Crippen LogP contribution in [0.3, 0.4) is 0 Å². The summed E-state index contributed by atoms with van der Waals surface area (Å²) in [7, 11) is 3.19. The highest BCUT2D eigenvalue weighted by Gasteiger charge is 2.12. The summed E-state index contributed by atoms with van der Waals surface area (Å²) in [5.74, 6) is 3.25. The van der Waals surface area contributed by atoms with Gasteiger partial charge in [0.15, 0.2) is 11.5 Å². The molecule has 0 saturated heterocycles. The first-order valence-electron chi connectivity index (χ1n) is 13.6. The fourth-order valence-electron chi connectivity index (χ4n) is 4.64. The highest BCUT2D eigenvalue weighted by Crippen LogP contribution is 2.27. The third-order valence-corrected chi connectivity index (χ3v) is 6.97. The molecule has 7 nitrogen and oxygen atoms in total. The van der Waals surface area contributed by atoms with Gasteiger partial charge in [-0.2, -0.15) is 0 Å². The predicted octanol–water partition coefficient (Wildman–Crippen LogP) is 5.82. The van der Waals surface area contributed by atoms with Gasteiger partial charge in [-0.3, -0.25) is 4.79 Å². The average Bonchev–Trinajstić information content (AvgIpc) is 3.30. The van der Waals surface area contributed by atoms with Gasteiger partial charge in [0, 0.05) is 19.5 Å². The summed E-state index contributed by atoms with van der Waals surface area (Å²) in [6.07, 6.45) is 3.87. The van der Waals surface area contributed by atoms with Gasteiger partial charge in [-0.15, -0.1) is 0 Å². The van der Waals surface area contributed by atoms with Crippen molar-refractivity contribution >= 4 is 16.9 Å². The van der Waals surface area contributed by atoms with Gasteiger partial charge in [0.05, 0.1) is 38.3 Å². The number of hydrogen-bond donors (Lipinski definition) is 1. The molecule has 0 unspecified atom stereocenters. The molecule has 3 aromatic carbocycles. The van der Waals surface area contributed by atoms with E-state index >= 15 is 0 Å². The monoisotopic (exact) mass is 529 g/mol. The third-order valence-electron chi connectivity index (χ3n) is 6.97. The lowest BCUT2D eigenvalue weighted by molar-refractivity contribution is -0.120. The minimum absolute atomic E-state index is 0.0144. The maximum atomic E-state index is 12.5. The van der Waals surface area contributed by atoms with Gasteiger partial charge in [0.2, 0.25) is 5.91 Å². The highest BCUT2D eigenvalue weighted by atomic mass is 16.5. The number of nitrogens with one attached hydrogen (secondary N) is 1. The Morgan fingerprint density at radius 1 is 0.897 bits per heavy atom. The van der Waals surface area contributed by atoms with Gasteiger partial charge in [0.1, 0.15) is 11.6 Å². The van der Waals surface area contributed by atoms with Crippen LogP contribution in [0.5, 0.6) is 17.2 Å². The first-order valence-corrected chi connectivity index (χ1v) is 13.6. The van der Waals surface area contributed by atoms with Crippen LogP contribution in [0.15, 0.2) is 60.7 Å². The van der Waals surface area contributed by atoms with E-state index in [1.54, 1.807) is 14.2 Å². The van der Waals surface area contributed by atoms with Crippen molar-refractivity contribution in [3.8, 4) is 17.2 Å². The second-order valence-electron chi connectivity index (χ2n) is 9.79. The lowest BCUT2D eigenvalue weighted by atomic mass is 10.1. The van der Waals surface area contributed by atoms with Crippen molar-refractivity contribution in [1.29, 1.82) is 0 Å². The number of benzene rings is 3. The zero-order valence-corrected chi connectivity index (χ0v) is 23.5. The highest BCUT2D eigenvalue weighted by molar-refractivity contribution is 5.79. The molecule has 0 spiro atoms. The predicted molar refractivity (Wildman–Crippen MR) is 155 cm³/mol. The zero-order valence-electron chi connectivity index (χ0n) is 23.5. The number of unbranched alkanes of at least 4 members (excludes halogenated alkanes) is 1. The Balaban J connectivity index is 1.26. The number of para-hydroxylation sites is 2. The van der Waals surface area contributed by atoms with E-state index in [0.29, 0.717) is 31.1 Å². The van der Waals surface area contributed by atoms with Crippen LogP contribution in [0.4, 0.5) is 0 Å². The molecular formula is C32H39N3O4. The summed E-state index contributed by atoms with van der Waals surface area (Å²) >= 11 is 0. The molecule has 0 atom stereocenters. The smallest absolute Gasteiger partial charge is 0.224 e. The van der Waals surface area contributed by atoms with Crippen molar-refractivity contribution in [2.24, 2.45) is 0 Å². The van der Waals surface area contributed by atoms with Crippen LogP contribution in [-0.2, 0) is 24.2 Å². The molecule has 0 radical (unpaired) electrons. The number of aromatic nitrogens is 2. The van der Waals surface area contributed by atoms with Crippen LogP contribution >= 0.6 is 0 Å². The summed E-state index contributed by atoms with van der Waals surface area (Å²) in [6.45, 7) is 6.39. The van der Waals surface area contributed by atoms with Crippen molar-refractivity contribution < 1.29 is 19.0 Å². The number of fused-ring (bicyclic) bond motifs is 1. The second kappa shape index (κ2) is 13.7. The van der Waals surface area contributed by atoms with Gasteiger partial charge >= 0.3 is 0 Å². The number of rotatable bonds is 14. The number of imidazole rings is 1. The molecule has 1 amide bonds. The topological polar surface area (TPSA) is 74.6 Å². The molecule has 4 aromatic rings. The minimum Gasteiger partial charge on any atom is -0.494 e. The van der Waals surface area contributed by atoms with Crippen LogP contribution in [0.25, 0.3) is 11.0 Å². The molecule has 1 aromatic heterocycles. The Hall–Kier alpha value is -4.00. The molecule has 4 rings (SSSR count). The number of ether oxygens (including phenoxy) is 3. The average molecular weight is 530 g/mol. The number of carbonyl (C=O) groups is 1. The van der Waals surface area contributed by atoms with E-state index in [9.17, 15) is 4.79 Å². The quantitative estimate of drug-likeness (QED) is 0.208. The van der Waals surface area contributed by atoms with E-state index in [-0.39, 0.29) is 5.91 Å². The lowest BCUT2D eigenvalue weighted by Gasteiger charge is -2.11. The molecular weight excluding hydrogens is 490 g/mol. The van der Waals surface area contributed by atoms with Crippen molar-refractivity contribution in [1.82, 2.24) is 14.9 Å². The molecule has 0 aliphatic rings. The summed E-state index contributed by atoms with van der Waals surface area (Å²) < 4.78 is 18.9. The van der Waals surface area contributed by atoms with Crippen LogP contribution in [0, 0.1) is 13.8 Å². The number of nitrogens with zero attached hydrogens (tertiary/aromatic N) is 2. The second-order valence-corrected chi connectivity index (χ2v) is 9.79. The van der Waals surface area contributed by atoms with E-state index in [4.69, 9.17) is 19.2 Å². The van der Waals surface area contributed by atoms with Gasteiger partial charge in [-0.25, -0.2) is 4.98 Å². The molecule has 1 heterocycles. The van der Waals surface area contributed by atoms with E-state index in [1.807, 2.05) is 30.3 Å². The van der Waals surface area contributed by atoms with Gasteiger partial charge < -0.3 is 24.1 Å².